The summed E-state index contributed by atoms with van der Waals surface area (Å²) in [6.45, 7) is 7.62. The van der Waals surface area contributed by atoms with Crippen molar-refractivity contribution < 1.29 is 9.42 Å². The zero-order valence-corrected chi connectivity index (χ0v) is 20.3. The highest BCUT2D eigenvalue weighted by molar-refractivity contribution is 5.94. The van der Waals surface area contributed by atoms with Crippen molar-refractivity contribution in [2.75, 3.05) is 17.2 Å². The molecule has 0 spiro atoms. The number of nitrogens with one attached hydrogen (secondary N) is 1. The molecule has 2 aromatic heterocycles. The summed E-state index contributed by atoms with van der Waals surface area (Å²) in [5.41, 5.74) is 13.5. The van der Waals surface area contributed by atoms with Crippen LogP contribution in [-0.2, 0) is 18.4 Å². The minimum Gasteiger partial charge on any atom is -0.378 e. The van der Waals surface area contributed by atoms with Crippen LogP contribution in [0.5, 0.6) is 0 Å². The van der Waals surface area contributed by atoms with Crippen molar-refractivity contribution in [3.05, 3.63) is 76.6 Å². The van der Waals surface area contributed by atoms with E-state index in [1.54, 1.807) is 6.21 Å². The molecule has 0 unspecified atom stereocenters. The first-order valence-corrected chi connectivity index (χ1v) is 11.6. The molecule has 11 heteroatoms. The van der Waals surface area contributed by atoms with Gasteiger partial charge in [0.05, 0.1) is 18.5 Å². The van der Waals surface area contributed by atoms with Crippen LogP contribution in [0.1, 0.15) is 53.6 Å². The molecule has 0 fully saturated rings. The Morgan fingerprint density at radius 2 is 1.94 bits per heavy atom. The predicted molar refractivity (Wildman–Crippen MR) is 135 cm³/mol. The summed E-state index contributed by atoms with van der Waals surface area (Å²) in [5, 5.41) is 19.8. The monoisotopic (exact) mass is 485 g/mol. The number of hydrogen-bond donors (Lipinski definition) is 2. The van der Waals surface area contributed by atoms with E-state index in [1.807, 2.05) is 24.3 Å². The summed E-state index contributed by atoms with van der Waals surface area (Å²) in [7, 11) is 0. The lowest BCUT2D eigenvalue weighted by Gasteiger charge is -2.19. The second-order valence-corrected chi connectivity index (χ2v) is 9.64. The van der Waals surface area contributed by atoms with E-state index >= 15 is 0 Å². The van der Waals surface area contributed by atoms with E-state index in [0.29, 0.717) is 12.2 Å². The van der Waals surface area contributed by atoms with Crippen LogP contribution in [0.3, 0.4) is 0 Å². The maximum absolute atomic E-state index is 13.1. The minimum atomic E-state index is -0.499. The highest BCUT2D eigenvalue weighted by atomic mass is 16.6. The molecular weight excluding hydrogens is 458 g/mol. The first kappa shape index (κ1) is 23.2. The molecule has 1 aliphatic rings. The summed E-state index contributed by atoms with van der Waals surface area (Å²) in [6, 6.07) is 16.2. The van der Waals surface area contributed by atoms with Crippen LogP contribution in [0.25, 0.3) is 5.82 Å². The third kappa shape index (κ3) is 4.54. The van der Waals surface area contributed by atoms with Gasteiger partial charge in [0.25, 0.3) is 5.91 Å². The number of benzene rings is 2. The van der Waals surface area contributed by atoms with E-state index < -0.39 is 5.91 Å². The number of carbonyl (C=O) groups excluding carboxylic acids is 1. The molecule has 4 aromatic rings. The van der Waals surface area contributed by atoms with Crippen molar-refractivity contribution in [1.29, 1.82) is 0 Å². The number of fused-ring (bicyclic) bond motifs is 1. The number of anilines is 2. The van der Waals surface area contributed by atoms with Crippen molar-refractivity contribution in [2.24, 2.45) is 5.10 Å². The number of nitrogens with zero attached hydrogens (tertiary/aromatic N) is 7. The van der Waals surface area contributed by atoms with Gasteiger partial charge >= 0.3 is 0 Å². The van der Waals surface area contributed by atoms with Gasteiger partial charge in [0.2, 0.25) is 11.6 Å². The molecule has 3 heterocycles. The molecule has 0 atom stereocenters. The Hall–Kier alpha value is -4.54. The number of hydrogen-bond acceptors (Lipinski definition) is 9. The Kier molecular flexibility index (Phi) is 5.96. The van der Waals surface area contributed by atoms with E-state index in [-0.39, 0.29) is 22.7 Å². The van der Waals surface area contributed by atoms with Gasteiger partial charge in [0.1, 0.15) is 0 Å². The predicted octanol–water partition coefficient (Wildman–Crippen LogP) is 2.86. The maximum Gasteiger partial charge on any atom is 0.293 e. The number of rotatable bonds is 6. The van der Waals surface area contributed by atoms with Crippen LogP contribution in [-0.4, -0.2) is 44.0 Å². The molecule has 1 amide bonds. The molecule has 3 N–H and O–H groups in total. The molecular formula is C25H27N9O2. The number of para-hydroxylation sites is 1. The zero-order valence-electron chi connectivity index (χ0n) is 20.3. The van der Waals surface area contributed by atoms with Crippen molar-refractivity contribution >= 4 is 23.6 Å². The third-order valence-corrected chi connectivity index (χ3v) is 6.15. The number of aromatic nitrogens is 5. The fourth-order valence-electron chi connectivity index (χ4n) is 4.17. The zero-order chi connectivity index (χ0) is 25.3. The minimum absolute atomic E-state index is 0.0478. The topological polar surface area (TPSA) is 140 Å². The van der Waals surface area contributed by atoms with Crippen LogP contribution in [0.15, 0.2) is 58.3 Å². The maximum atomic E-state index is 13.1. The summed E-state index contributed by atoms with van der Waals surface area (Å²) < 4.78 is 6.13. The van der Waals surface area contributed by atoms with Gasteiger partial charge in [-0.2, -0.15) is 9.78 Å². The summed E-state index contributed by atoms with van der Waals surface area (Å²) in [5.74, 6) is -0.278. The third-order valence-electron chi connectivity index (χ3n) is 6.15. The van der Waals surface area contributed by atoms with Crippen molar-refractivity contribution in [1.82, 2.24) is 30.7 Å². The molecule has 1 aliphatic heterocycles. The van der Waals surface area contributed by atoms with E-state index in [1.165, 1.54) is 15.8 Å². The van der Waals surface area contributed by atoms with E-state index in [0.717, 1.165) is 24.2 Å². The molecule has 0 bridgehead atoms. The first-order valence-electron chi connectivity index (χ1n) is 11.6. The molecule has 0 radical (unpaired) electrons. The van der Waals surface area contributed by atoms with E-state index in [4.69, 9.17) is 10.4 Å². The highest BCUT2D eigenvalue weighted by Crippen LogP contribution is 2.30. The first-order chi connectivity index (χ1) is 17.3. The lowest BCUT2D eigenvalue weighted by Crippen LogP contribution is -2.26. The van der Waals surface area contributed by atoms with Crippen molar-refractivity contribution in [3.8, 4) is 5.82 Å². The van der Waals surface area contributed by atoms with Crippen LogP contribution in [0.2, 0.25) is 0 Å². The average molecular weight is 486 g/mol. The quantitative estimate of drug-likeness (QED) is 0.314. The lowest BCUT2D eigenvalue weighted by atomic mass is 9.87. The van der Waals surface area contributed by atoms with Crippen molar-refractivity contribution in [2.45, 2.75) is 39.2 Å². The summed E-state index contributed by atoms with van der Waals surface area (Å²) in [4.78, 5) is 15.2. The Morgan fingerprint density at radius 3 is 2.67 bits per heavy atom. The van der Waals surface area contributed by atoms with E-state index in [2.05, 4.69) is 81.1 Å². The number of carbonyl (C=O) groups is 1. The fraction of sp³-hybridized carbons (Fsp3) is 0.280. The van der Waals surface area contributed by atoms with Crippen LogP contribution in [0.4, 0.5) is 11.5 Å². The Bertz CT molecular complexity index is 1410. The Labute approximate surface area is 207 Å². The molecule has 0 saturated carbocycles. The average Bonchev–Trinajstić information content (AvgIpc) is 3.58. The fourth-order valence-corrected chi connectivity index (χ4v) is 4.17. The van der Waals surface area contributed by atoms with Crippen LogP contribution in [0, 0.1) is 0 Å². The SMILES string of the molecule is CC(C)(C)c1ccc(C=NNC(=O)c2nnn(-c3nonc3N)c2CN2CCc3ccccc32)cc1. The Morgan fingerprint density at radius 1 is 1.17 bits per heavy atom. The number of hydrazone groups is 1. The number of nitrogens with two attached hydrogens (primary N) is 1. The normalized spacial score (nSPS) is 13.4. The van der Waals surface area contributed by atoms with Gasteiger partial charge in [0, 0.05) is 12.2 Å². The number of nitrogen functional groups attached to an aromatic ring is 1. The molecule has 11 nitrogen and oxygen atoms in total. The van der Waals surface area contributed by atoms with Gasteiger partial charge < -0.3 is 10.6 Å². The molecule has 2 aromatic carbocycles. The van der Waals surface area contributed by atoms with Gasteiger partial charge in [0.15, 0.2) is 5.69 Å². The van der Waals surface area contributed by atoms with Crippen LogP contribution < -0.4 is 16.1 Å². The van der Waals surface area contributed by atoms with Gasteiger partial charge in [-0.1, -0.05) is 68.4 Å². The largest absolute Gasteiger partial charge is 0.378 e. The second kappa shape index (κ2) is 9.25. The molecule has 36 heavy (non-hydrogen) atoms. The van der Waals surface area contributed by atoms with Gasteiger partial charge in [-0.15, -0.1) is 5.10 Å². The summed E-state index contributed by atoms with van der Waals surface area (Å²) >= 11 is 0. The standard InChI is InChI=1S/C25H27N9O2/c1-25(2,3)18-10-8-16(9-11-18)14-27-29-24(35)21-20(34(32-28-21)23-22(26)30-36-31-23)15-33-13-12-17-6-4-5-7-19(17)33/h4-11,14H,12-13,15H2,1-3H3,(H2,26,30)(H,29,35). The van der Waals surface area contributed by atoms with Crippen LogP contribution >= 0.6 is 0 Å². The molecule has 0 saturated heterocycles. The smallest absolute Gasteiger partial charge is 0.293 e. The van der Waals surface area contributed by atoms with Crippen molar-refractivity contribution in [3.63, 3.8) is 0 Å². The van der Waals surface area contributed by atoms with Gasteiger partial charge in [-0.05, 0) is 44.9 Å². The molecule has 5 rings (SSSR count). The molecule has 0 aliphatic carbocycles. The highest BCUT2D eigenvalue weighted by Gasteiger charge is 2.28. The van der Waals surface area contributed by atoms with E-state index in [9.17, 15) is 4.79 Å². The van der Waals surface area contributed by atoms with Gasteiger partial charge in [-0.3, -0.25) is 4.79 Å². The second-order valence-electron chi connectivity index (χ2n) is 9.64. The Balaban J connectivity index is 1.39. The van der Waals surface area contributed by atoms with Gasteiger partial charge in [-0.25, -0.2) is 10.1 Å². The molecule has 184 valence electrons. The summed E-state index contributed by atoms with van der Waals surface area (Å²) in [6.07, 6.45) is 2.50. The number of amides is 1. The lowest BCUT2D eigenvalue weighted by molar-refractivity contribution is 0.0949.